The van der Waals surface area contributed by atoms with Crippen LogP contribution >= 0.6 is 15.8 Å². The second kappa shape index (κ2) is 16.3. The molecule has 0 heterocycles. The van der Waals surface area contributed by atoms with Gasteiger partial charge in [-0.05, 0) is 79.3 Å². The fourth-order valence-electron chi connectivity index (χ4n) is 6.95. The first kappa shape index (κ1) is 30.7. The van der Waals surface area contributed by atoms with Crippen molar-refractivity contribution in [2.45, 2.75) is 101 Å². The third kappa shape index (κ3) is 8.17. The second-order valence-corrected chi connectivity index (χ2v) is 16.6. The molecule has 0 bridgehead atoms. The van der Waals surface area contributed by atoms with Gasteiger partial charge in [-0.2, -0.15) is 0 Å². The van der Waals surface area contributed by atoms with E-state index in [-0.39, 0.29) is 25.0 Å². The molecule has 0 radical (unpaired) electrons. The number of hydrogen-bond acceptors (Lipinski definition) is 0. The summed E-state index contributed by atoms with van der Waals surface area (Å²) in [5, 5.41) is 4.68. The second-order valence-electron chi connectivity index (χ2n) is 11.3. The van der Waals surface area contributed by atoms with Crippen molar-refractivity contribution in [1.29, 1.82) is 0 Å². The van der Waals surface area contributed by atoms with Gasteiger partial charge < -0.3 is 0 Å². The molecule has 2 saturated carbocycles. The van der Waals surface area contributed by atoms with E-state index < -0.39 is 7.92 Å². The van der Waals surface area contributed by atoms with Crippen molar-refractivity contribution in [1.82, 2.24) is 0 Å². The maximum Gasteiger partial charge on any atom is 0 e. The molecule has 2 aromatic rings. The molecule has 0 spiro atoms. The molecule has 4 aliphatic rings. The van der Waals surface area contributed by atoms with Crippen molar-refractivity contribution in [2.24, 2.45) is 0 Å². The maximum atomic E-state index is 2.65. The van der Waals surface area contributed by atoms with E-state index in [2.05, 4.69) is 104 Å². The molecular weight excluding hydrogens is 550 g/mol. The first-order valence-corrected chi connectivity index (χ1v) is 18.1. The van der Waals surface area contributed by atoms with Crippen LogP contribution in [0.4, 0.5) is 0 Å². The Morgan fingerprint density at radius 3 is 1.56 bits per heavy atom. The normalized spacial score (nSPS) is 20.3. The average Bonchev–Trinajstić information content (AvgIpc) is 3.72. The molecule has 3 heteroatoms. The fourth-order valence-corrected chi connectivity index (χ4v) is 14.1. The van der Waals surface area contributed by atoms with E-state index in [1.165, 1.54) is 81.2 Å². The van der Waals surface area contributed by atoms with Crippen molar-refractivity contribution in [3.63, 3.8) is 0 Å². The van der Waals surface area contributed by atoms with Crippen molar-refractivity contribution < 1.29 is 17.1 Å². The van der Waals surface area contributed by atoms with Gasteiger partial charge in [-0.25, -0.2) is 0 Å². The zero-order valence-electron chi connectivity index (χ0n) is 23.7. The molecule has 4 aliphatic carbocycles. The van der Waals surface area contributed by atoms with Crippen LogP contribution < -0.4 is 10.6 Å². The molecule has 2 fully saturated rings. The summed E-state index contributed by atoms with van der Waals surface area (Å²) < 4.78 is 0. The van der Waals surface area contributed by atoms with E-state index in [1.54, 1.807) is 10.9 Å². The molecule has 1 atom stereocenters. The Labute approximate surface area is 251 Å². The molecule has 0 nitrogen and oxygen atoms in total. The monoisotopic (exact) mass is 596 g/mol. The molecule has 0 aromatic heterocycles. The molecule has 0 saturated heterocycles. The average molecular weight is 597 g/mol. The van der Waals surface area contributed by atoms with Crippen LogP contribution in [0.15, 0.2) is 108 Å². The third-order valence-corrected chi connectivity index (χ3v) is 15.3. The molecule has 6 rings (SSSR count). The molecular formula is C36H46FeP2. The zero-order chi connectivity index (χ0) is 26.0. The largest absolute Gasteiger partial charge is 0.0932 e. The zero-order valence-corrected chi connectivity index (χ0v) is 26.6. The third-order valence-electron chi connectivity index (χ3n) is 8.81. The van der Waals surface area contributed by atoms with Crippen LogP contribution in [0.25, 0.3) is 0 Å². The molecule has 2 aromatic carbocycles. The minimum atomic E-state index is -0.480. The van der Waals surface area contributed by atoms with Crippen molar-refractivity contribution >= 4 is 26.5 Å². The van der Waals surface area contributed by atoms with Crippen LogP contribution in [0.1, 0.15) is 84.0 Å². The van der Waals surface area contributed by atoms with Gasteiger partial charge in [0.1, 0.15) is 0 Å². The Balaban J connectivity index is 0.000000530. The van der Waals surface area contributed by atoms with Crippen LogP contribution in [-0.4, -0.2) is 17.0 Å². The van der Waals surface area contributed by atoms with Crippen LogP contribution in [-0.2, 0) is 17.1 Å². The van der Waals surface area contributed by atoms with E-state index in [4.69, 9.17) is 0 Å². The van der Waals surface area contributed by atoms with Crippen LogP contribution in [0, 0.1) is 0 Å². The Kier molecular flexibility index (Phi) is 12.8. The van der Waals surface area contributed by atoms with Gasteiger partial charge in [0.25, 0.3) is 0 Å². The molecule has 0 aliphatic heterocycles. The van der Waals surface area contributed by atoms with Gasteiger partial charge in [0.2, 0.25) is 0 Å². The summed E-state index contributed by atoms with van der Waals surface area (Å²) >= 11 is 0. The number of benzene rings is 2. The Hall–Kier alpha value is -1.22. The van der Waals surface area contributed by atoms with E-state index in [1.807, 2.05) is 0 Å². The van der Waals surface area contributed by atoms with Gasteiger partial charge in [0, 0.05) is 17.1 Å². The van der Waals surface area contributed by atoms with E-state index in [0.717, 1.165) is 23.4 Å². The summed E-state index contributed by atoms with van der Waals surface area (Å²) in [4.78, 5) is 0. The minimum absolute atomic E-state index is 0. The van der Waals surface area contributed by atoms with Crippen LogP contribution in [0.2, 0.25) is 0 Å². The van der Waals surface area contributed by atoms with Crippen molar-refractivity contribution in [3.05, 3.63) is 108 Å². The summed E-state index contributed by atoms with van der Waals surface area (Å²) in [7, 11) is -0.426. The Morgan fingerprint density at radius 2 is 1.13 bits per heavy atom. The molecule has 0 amide bonds. The van der Waals surface area contributed by atoms with E-state index in [9.17, 15) is 0 Å². The quantitative estimate of drug-likeness (QED) is 0.220. The Bertz CT molecular complexity index is 1040. The van der Waals surface area contributed by atoms with Crippen LogP contribution in [0.5, 0.6) is 0 Å². The fraction of sp³-hybridized carbons (Fsp3) is 0.444. The topological polar surface area (TPSA) is 0 Å². The molecule has 0 unspecified atom stereocenters. The predicted octanol–water partition coefficient (Wildman–Crippen LogP) is 10.4. The first-order chi connectivity index (χ1) is 18.8. The minimum Gasteiger partial charge on any atom is -0.0932 e. The molecule has 208 valence electrons. The van der Waals surface area contributed by atoms with Gasteiger partial charge in [0.05, 0.1) is 0 Å². The van der Waals surface area contributed by atoms with Gasteiger partial charge in [-0.15, -0.1) is 0 Å². The van der Waals surface area contributed by atoms with Crippen molar-refractivity contribution in [3.8, 4) is 0 Å². The van der Waals surface area contributed by atoms with Crippen LogP contribution in [0.3, 0.4) is 0 Å². The standard InChI is InChI=1S/C31H40P2.C5H6.Fe/c1-25(32(26-15-6-2-7-16-26)27-17-8-3-9-18-27)30-23-14-24-31(30)33(28-19-10-4-11-20-28)29-21-12-5-13-22-29;1-2-4-5-3-1;/h4-5,10-14,19-22,24-27H,2-3,6-9,15-18,23H2,1H3;1-4H,5H2;/t25-;;/m1../s1. The van der Waals surface area contributed by atoms with E-state index >= 15 is 0 Å². The first-order valence-electron chi connectivity index (χ1n) is 15.2. The van der Waals surface area contributed by atoms with Gasteiger partial charge in [-0.1, -0.05) is 156 Å². The molecule has 0 N–H and O–H groups in total. The molecule has 39 heavy (non-hydrogen) atoms. The maximum absolute atomic E-state index is 2.65. The summed E-state index contributed by atoms with van der Waals surface area (Å²) in [6.45, 7) is 2.65. The van der Waals surface area contributed by atoms with Crippen molar-refractivity contribution in [2.75, 3.05) is 0 Å². The summed E-state index contributed by atoms with van der Waals surface area (Å²) in [5.74, 6) is 0. The number of hydrogen-bond donors (Lipinski definition) is 0. The summed E-state index contributed by atoms with van der Waals surface area (Å²) in [6.07, 6.45) is 30.6. The van der Waals surface area contributed by atoms with Gasteiger partial charge in [-0.3, -0.25) is 0 Å². The number of allylic oxidation sites excluding steroid dienone is 8. The summed E-state index contributed by atoms with van der Waals surface area (Å²) in [6, 6.07) is 22.7. The van der Waals surface area contributed by atoms with E-state index in [0.29, 0.717) is 0 Å². The number of rotatable bonds is 7. The predicted molar refractivity (Wildman–Crippen MR) is 173 cm³/mol. The SMILES string of the molecule is C1=CCC=C1.C[C@H](C1=C(P(c2ccccc2)c2ccccc2)C=CC1)P(C1CCCCC1)C1CCCCC1.[Fe]. The summed E-state index contributed by atoms with van der Waals surface area (Å²) in [5.41, 5.74) is 4.60. The smallest absolute Gasteiger partial charge is 0 e. The van der Waals surface area contributed by atoms with Gasteiger partial charge >= 0.3 is 0 Å². The van der Waals surface area contributed by atoms with Gasteiger partial charge in [0.15, 0.2) is 0 Å². The Morgan fingerprint density at radius 1 is 0.641 bits per heavy atom.